The summed E-state index contributed by atoms with van der Waals surface area (Å²) in [6.45, 7) is 2.30. The number of carbonyl (C=O) groups is 1. The Labute approximate surface area is 155 Å². The van der Waals surface area contributed by atoms with Gasteiger partial charge in [-0.05, 0) is 44.0 Å². The Morgan fingerprint density at radius 2 is 1.93 bits per heavy atom. The molecule has 2 aromatic heterocycles. The highest BCUT2D eigenvalue weighted by Gasteiger charge is 2.48. The molecule has 8 heteroatoms. The van der Waals surface area contributed by atoms with E-state index in [0.717, 1.165) is 11.3 Å². The molecule has 0 radical (unpaired) electrons. The van der Waals surface area contributed by atoms with Gasteiger partial charge in [-0.25, -0.2) is 9.97 Å². The van der Waals surface area contributed by atoms with Crippen molar-refractivity contribution in [1.82, 2.24) is 15.0 Å². The van der Waals surface area contributed by atoms with Crippen molar-refractivity contribution in [3.05, 3.63) is 36.4 Å². The molecule has 0 aliphatic heterocycles. The van der Waals surface area contributed by atoms with Crippen LogP contribution in [-0.2, 0) is 4.79 Å². The summed E-state index contributed by atoms with van der Waals surface area (Å²) in [6.07, 6.45) is 1.01. The maximum Gasteiger partial charge on any atom is 0.256 e. The number of fused-ring (bicyclic) bond motifs is 1. The monoisotopic (exact) mass is 365 g/mol. The summed E-state index contributed by atoms with van der Waals surface area (Å²) in [5.41, 5.74) is 7.86. The minimum atomic E-state index is -1.20. The SMILES string of the molecule is CCOc1nc(N)nc2ccc(-c3ccc(NC(=O)C4(O)CC4)cc3)nc12. The van der Waals surface area contributed by atoms with Crippen molar-refractivity contribution < 1.29 is 14.6 Å². The number of nitrogen functional groups attached to an aromatic ring is 1. The topological polar surface area (TPSA) is 123 Å². The fraction of sp³-hybridized carbons (Fsp3) is 0.263. The van der Waals surface area contributed by atoms with Crippen LogP contribution in [0.15, 0.2) is 36.4 Å². The second-order valence-corrected chi connectivity index (χ2v) is 6.45. The number of rotatable bonds is 5. The van der Waals surface area contributed by atoms with Crippen molar-refractivity contribution >= 4 is 28.6 Å². The number of anilines is 2. The molecule has 2 heterocycles. The summed E-state index contributed by atoms with van der Waals surface area (Å²) in [5, 5.41) is 12.5. The van der Waals surface area contributed by atoms with E-state index in [4.69, 9.17) is 10.5 Å². The van der Waals surface area contributed by atoms with Crippen molar-refractivity contribution in [3.8, 4) is 17.1 Å². The van der Waals surface area contributed by atoms with E-state index in [1.165, 1.54) is 0 Å². The number of nitrogens with zero attached hydrogens (tertiary/aromatic N) is 3. The molecule has 1 fully saturated rings. The van der Waals surface area contributed by atoms with Crippen LogP contribution in [0.1, 0.15) is 19.8 Å². The molecule has 1 aliphatic rings. The quantitative estimate of drug-likeness (QED) is 0.633. The molecule has 27 heavy (non-hydrogen) atoms. The number of ether oxygens (including phenoxy) is 1. The smallest absolute Gasteiger partial charge is 0.256 e. The van der Waals surface area contributed by atoms with E-state index in [1.54, 1.807) is 12.1 Å². The van der Waals surface area contributed by atoms with Crippen LogP contribution in [0.25, 0.3) is 22.3 Å². The average molecular weight is 365 g/mol. The number of hydrogen-bond acceptors (Lipinski definition) is 7. The van der Waals surface area contributed by atoms with Crippen LogP contribution >= 0.6 is 0 Å². The first-order chi connectivity index (χ1) is 13.0. The van der Waals surface area contributed by atoms with Gasteiger partial charge in [0.25, 0.3) is 5.91 Å². The van der Waals surface area contributed by atoms with Gasteiger partial charge in [-0.2, -0.15) is 4.98 Å². The average Bonchev–Trinajstić information content (AvgIpc) is 3.41. The number of amides is 1. The van der Waals surface area contributed by atoms with Crippen molar-refractivity contribution in [1.29, 1.82) is 0 Å². The number of pyridine rings is 1. The maximum atomic E-state index is 11.9. The molecule has 1 aliphatic carbocycles. The van der Waals surface area contributed by atoms with Gasteiger partial charge in [-0.15, -0.1) is 0 Å². The predicted molar refractivity (Wildman–Crippen MR) is 101 cm³/mol. The van der Waals surface area contributed by atoms with E-state index in [-0.39, 0.29) is 11.9 Å². The third-order valence-electron chi connectivity index (χ3n) is 4.39. The lowest BCUT2D eigenvalue weighted by Crippen LogP contribution is -2.29. The first-order valence-electron chi connectivity index (χ1n) is 8.70. The van der Waals surface area contributed by atoms with Crippen molar-refractivity contribution in [2.45, 2.75) is 25.4 Å². The number of hydrogen-bond donors (Lipinski definition) is 3. The number of aromatic nitrogens is 3. The zero-order chi connectivity index (χ0) is 19.0. The fourth-order valence-corrected chi connectivity index (χ4v) is 2.72. The van der Waals surface area contributed by atoms with E-state index in [2.05, 4.69) is 20.3 Å². The molecule has 138 valence electrons. The molecule has 3 aromatic rings. The molecule has 1 aromatic carbocycles. The molecule has 0 unspecified atom stereocenters. The summed E-state index contributed by atoms with van der Waals surface area (Å²) >= 11 is 0. The van der Waals surface area contributed by atoms with Gasteiger partial charge in [0.2, 0.25) is 11.8 Å². The molecule has 1 amide bonds. The third kappa shape index (κ3) is 3.39. The normalized spacial score (nSPS) is 14.7. The molecule has 1 saturated carbocycles. The van der Waals surface area contributed by atoms with Crippen LogP contribution in [-0.4, -0.2) is 38.2 Å². The predicted octanol–water partition coefficient (Wildman–Crippen LogP) is 2.14. The Bertz CT molecular complexity index is 1020. The lowest BCUT2D eigenvalue weighted by molar-refractivity contribution is -0.125. The van der Waals surface area contributed by atoms with Crippen molar-refractivity contribution in [2.24, 2.45) is 0 Å². The fourth-order valence-electron chi connectivity index (χ4n) is 2.72. The van der Waals surface area contributed by atoms with Gasteiger partial charge < -0.3 is 20.9 Å². The summed E-state index contributed by atoms with van der Waals surface area (Å²) in [4.78, 5) is 24.8. The lowest BCUT2D eigenvalue weighted by atomic mass is 10.1. The Morgan fingerprint density at radius 3 is 2.59 bits per heavy atom. The minimum absolute atomic E-state index is 0.137. The molecule has 4 rings (SSSR count). The largest absolute Gasteiger partial charge is 0.476 e. The maximum absolute atomic E-state index is 11.9. The Balaban J connectivity index is 1.62. The highest BCUT2D eigenvalue weighted by atomic mass is 16.5. The van der Waals surface area contributed by atoms with Gasteiger partial charge in [-0.1, -0.05) is 12.1 Å². The molecule has 4 N–H and O–H groups in total. The first-order valence-corrected chi connectivity index (χ1v) is 8.70. The summed E-state index contributed by atoms with van der Waals surface area (Å²) in [5.74, 6) is 0.122. The molecule has 0 saturated heterocycles. The van der Waals surface area contributed by atoms with E-state index in [0.29, 0.717) is 42.0 Å². The molecule has 0 atom stereocenters. The second kappa shape index (κ2) is 6.48. The Kier molecular flexibility index (Phi) is 4.12. The lowest BCUT2D eigenvalue weighted by Gasteiger charge is -2.10. The van der Waals surface area contributed by atoms with Crippen LogP contribution in [0.4, 0.5) is 11.6 Å². The van der Waals surface area contributed by atoms with Crippen LogP contribution in [0, 0.1) is 0 Å². The molecule has 0 spiro atoms. The van der Waals surface area contributed by atoms with Crippen LogP contribution in [0.2, 0.25) is 0 Å². The van der Waals surface area contributed by atoms with E-state index < -0.39 is 5.60 Å². The Morgan fingerprint density at radius 1 is 1.19 bits per heavy atom. The van der Waals surface area contributed by atoms with Gasteiger partial charge in [0, 0.05) is 11.3 Å². The summed E-state index contributed by atoms with van der Waals surface area (Å²) in [6, 6.07) is 10.9. The number of nitrogens with two attached hydrogens (primary N) is 1. The molecular formula is C19H19N5O3. The van der Waals surface area contributed by atoms with Crippen LogP contribution < -0.4 is 15.8 Å². The van der Waals surface area contributed by atoms with Gasteiger partial charge >= 0.3 is 0 Å². The van der Waals surface area contributed by atoms with Gasteiger partial charge in [-0.3, -0.25) is 4.79 Å². The zero-order valence-electron chi connectivity index (χ0n) is 14.8. The third-order valence-corrected chi connectivity index (χ3v) is 4.39. The minimum Gasteiger partial charge on any atom is -0.476 e. The molecular weight excluding hydrogens is 346 g/mol. The number of nitrogens with one attached hydrogen (secondary N) is 1. The molecule has 0 bridgehead atoms. The number of carbonyl (C=O) groups excluding carboxylic acids is 1. The first kappa shape index (κ1) is 17.2. The summed E-state index contributed by atoms with van der Waals surface area (Å²) in [7, 11) is 0. The van der Waals surface area contributed by atoms with Gasteiger partial charge in [0.05, 0.1) is 17.8 Å². The van der Waals surface area contributed by atoms with Crippen molar-refractivity contribution in [2.75, 3.05) is 17.7 Å². The zero-order valence-corrected chi connectivity index (χ0v) is 14.8. The molecule has 8 nitrogen and oxygen atoms in total. The second-order valence-electron chi connectivity index (χ2n) is 6.45. The standard InChI is InChI=1S/C19H19N5O3/c1-2-27-16-15-14(23-18(20)24-16)8-7-13(22-15)11-3-5-12(6-4-11)21-17(25)19(26)9-10-19/h3-8,26H,2,9-10H2,1H3,(H,21,25)(H2,20,23,24). The van der Waals surface area contributed by atoms with Crippen LogP contribution in [0.3, 0.4) is 0 Å². The van der Waals surface area contributed by atoms with Gasteiger partial charge in [0.1, 0.15) is 5.60 Å². The van der Waals surface area contributed by atoms with E-state index in [1.807, 2.05) is 31.2 Å². The van der Waals surface area contributed by atoms with Gasteiger partial charge in [0.15, 0.2) is 5.52 Å². The summed E-state index contributed by atoms with van der Waals surface area (Å²) < 4.78 is 5.53. The number of aliphatic hydroxyl groups is 1. The highest BCUT2D eigenvalue weighted by molar-refractivity contribution is 5.99. The van der Waals surface area contributed by atoms with Crippen LogP contribution in [0.5, 0.6) is 5.88 Å². The van der Waals surface area contributed by atoms with E-state index in [9.17, 15) is 9.90 Å². The van der Waals surface area contributed by atoms with Crippen molar-refractivity contribution in [3.63, 3.8) is 0 Å². The Hall–Kier alpha value is -3.26. The highest BCUT2D eigenvalue weighted by Crippen LogP contribution is 2.36. The van der Waals surface area contributed by atoms with E-state index >= 15 is 0 Å². The number of benzene rings is 1.